The Morgan fingerprint density at radius 2 is 1.88 bits per heavy atom. The van der Waals surface area contributed by atoms with Crippen LogP contribution in [-0.2, 0) is 9.57 Å². The Hall–Kier alpha value is -2.44. The van der Waals surface area contributed by atoms with Gasteiger partial charge in [-0.15, -0.1) is 10.1 Å². The van der Waals surface area contributed by atoms with Gasteiger partial charge in [0.2, 0.25) is 0 Å². The minimum atomic E-state index is -1.07. The van der Waals surface area contributed by atoms with Crippen molar-refractivity contribution < 1.29 is 24.3 Å². The highest BCUT2D eigenvalue weighted by Gasteiger charge is 2.17. The summed E-state index contributed by atoms with van der Waals surface area (Å²) in [6.07, 6.45) is 0. The standard InChI is InChI=1S/C10H9NO6/c1-16-10(13)8-5-3-2-4-7(8)9(12)6-17-11(14)15/h2-5H,6H2,1H3. The molecule has 0 saturated carbocycles. The first-order valence-corrected chi connectivity index (χ1v) is 4.54. The molecule has 0 N–H and O–H groups in total. The van der Waals surface area contributed by atoms with Crippen molar-refractivity contribution in [2.24, 2.45) is 0 Å². The lowest BCUT2D eigenvalue weighted by Crippen LogP contribution is -2.16. The molecule has 7 nitrogen and oxygen atoms in total. The molecule has 1 aromatic carbocycles. The number of methoxy groups -OCH3 is 1. The number of carbonyl (C=O) groups excluding carboxylic acids is 2. The van der Waals surface area contributed by atoms with Crippen LogP contribution in [0.2, 0.25) is 0 Å². The van der Waals surface area contributed by atoms with Gasteiger partial charge in [0.15, 0.2) is 12.4 Å². The van der Waals surface area contributed by atoms with Crippen LogP contribution < -0.4 is 0 Å². The summed E-state index contributed by atoms with van der Waals surface area (Å²) in [5.41, 5.74) is 0.0770. The first-order valence-electron chi connectivity index (χ1n) is 4.54. The van der Waals surface area contributed by atoms with Gasteiger partial charge in [0.25, 0.3) is 5.09 Å². The lowest BCUT2D eigenvalue weighted by molar-refractivity contribution is -0.754. The van der Waals surface area contributed by atoms with Gasteiger partial charge in [0.1, 0.15) is 0 Å². The number of hydrogen-bond acceptors (Lipinski definition) is 6. The summed E-state index contributed by atoms with van der Waals surface area (Å²) in [5.74, 6) is -1.35. The molecule has 90 valence electrons. The van der Waals surface area contributed by atoms with E-state index in [9.17, 15) is 19.7 Å². The number of hydrogen-bond donors (Lipinski definition) is 0. The van der Waals surface area contributed by atoms with Crippen LogP contribution in [0.15, 0.2) is 24.3 Å². The number of rotatable bonds is 5. The van der Waals surface area contributed by atoms with E-state index < -0.39 is 23.4 Å². The summed E-state index contributed by atoms with van der Waals surface area (Å²) in [6.45, 7) is -0.735. The molecule has 0 fully saturated rings. The van der Waals surface area contributed by atoms with Gasteiger partial charge < -0.3 is 9.57 Å². The molecule has 0 aliphatic rings. The Morgan fingerprint density at radius 1 is 1.29 bits per heavy atom. The van der Waals surface area contributed by atoms with Crippen LogP contribution in [0.25, 0.3) is 0 Å². The van der Waals surface area contributed by atoms with Gasteiger partial charge in [0.05, 0.1) is 12.7 Å². The Bertz CT molecular complexity index is 456. The third-order valence-corrected chi connectivity index (χ3v) is 1.93. The van der Waals surface area contributed by atoms with Crippen LogP contribution in [0, 0.1) is 10.1 Å². The zero-order valence-electron chi connectivity index (χ0n) is 8.91. The first-order chi connectivity index (χ1) is 8.06. The Morgan fingerprint density at radius 3 is 2.41 bits per heavy atom. The number of carbonyl (C=O) groups is 2. The van der Waals surface area contributed by atoms with Crippen LogP contribution in [0.5, 0.6) is 0 Å². The maximum atomic E-state index is 11.6. The van der Waals surface area contributed by atoms with E-state index in [1.54, 1.807) is 6.07 Å². The van der Waals surface area contributed by atoms with Crippen molar-refractivity contribution in [3.63, 3.8) is 0 Å². The number of nitrogens with zero attached hydrogens (tertiary/aromatic N) is 1. The molecule has 0 aromatic heterocycles. The predicted molar refractivity (Wildman–Crippen MR) is 55.1 cm³/mol. The van der Waals surface area contributed by atoms with Crippen LogP contribution in [0.1, 0.15) is 20.7 Å². The Kier molecular flexibility index (Phi) is 4.15. The summed E-state index contributed by atoms with van der Waals surface area (Å²) >= 11 is 0. The normalized spacial score (nSPS) is 9.47. The molecule has 0 saturated heterocycles. The fourth-order valence-corrected chi connectivity index (χ4v) is 1.20. The number of benzene rings is 1. The molecular weight excluding hydrogens is 230 g/mol. The Labute approximate surface area is 96.0 Å². The van der Waals surface area contributed by atoms with Crippen molar-refractivity contribution in [1.29, 1.82) is 0 Å². The number of ether oxygens (including phenoxy) is 1. The minimum absolute atomic E-state index is 0.0289. The second-order valence-electron chi connectivity index (χ2n) is 2.96. The van der Waals surface area contributed by atoms with E-state index in [1.165, 1.54) is 25.3 Å². The van der Waals surface area contributed by atoms with Crippen molar-refractivity contribution >= 4 is 11.8 Å². The summed E-state index contributed by atoms with van der Waals surface area (Å²) in [7, 11) is 1.18. The van der Waals surface area contributed by atoms with E-state index in [2.05, 4.69) is 9.57 Å². The summed E-state index contributed by atoms with van der Waals surface area (Å²) < 4.78 is 4.49. The number of esters is 1. The van der Waals surface area contributed by atoms with Crippen molar-refractivity contribution in [2.45, 2.75) is 0 Å². The van der Waals surface area contributed by atoms with Gasteiger partial charge >= 0.3 is 5.97 Å². The average molecular weight is 239 g/mol. The van der Waals surface area contributed by atoms with E-state index >= 15 is 0 Å². The fourth-order valence-electron chi connectivity index (χ4n) is 1.20. The van der Waals surface area contributed by atoms with Crippen molar-refractivity contribution in [2.75, 3.05) is 13.7 Å². The predicted octanol–water partition coefficient (Wildman–Crippen LogP) is 0.864. The molecule has 0 aliphatic carbocycles. The molecule has 0 spiro atoms. The summed E-state index contributed by atoms with van der Waals surface area (Å²) in [4.78, 5) is 36.8. The van der Waals surface area contributed by atoms with Crippen LogP contribution in [-0.4, -0.2) is 30.6 Å². The molecule has 0 aliphatic heterocycles. The number of Topliss-reactive ketones (excluding diaryl/α,β-unsaturated/α-hetero) is 1. The maximum Gasteiger partial charge on any atom is 0.338 e. The van der Waals surface area contributed by atoms with Gasteiger partial charge in [-0.2, -0.15) is 0 Å². The molecule has 0 bridgehead atoms. The van der Waals surface area contributed by atoms with E-state index in [4.69, 9.17) is 0 Å². The molecule has 0 atom stereocenters. The molecule has 0 radical (unpaired) electrons. The van der Waals surface area contributed by atoms with Crippen LogP contribution >= 0.6 is 0 Å². The lowest BCUT2D eigenvalue weighted by atomic mass is 10.0. The van der Waals surface area contributed by atoms with E-state index in [1.807, 2.05) is 0 Å². The van der Waals surface area contributed by atoms with Crippen molar-refractivity contribution in [1.82, 2.24) is 0 Å². The van der Waals surface area contributed by atoms with E-state index in [0.717, 1.165) is 0 Å². The quantitative estimate of drug-likeness (QED) is 0.327. The molecule has 0 amide bonds. The SMILES string of the molecule is COC(=O)c1ccccc1C(=O)CO[N+](=O)[O-]. The third kappa shape index (κ3) is 3.26. The van der Waals surface area contributed by atoms with E-state index in [0.29, 0.717) is 0 Å². The average Bonchev–Trinajstić information content (AvgIpc) is 2.34. The molecule has 7 heteroatoms. The van der Waals surface area contributed by atoms with Gasteiger partial charge in [0, 0.05) is 5.56 Å². The summed E-state index contributed by atoms with van der Waals surface area (Å²) in [5, 5.41) is 8.88. The van der Waals surface area contributed by atoms with E-state index in [-0.39, 0.29) is 11.1 Å². The molecule has 0 unspecified atom stereocenters. The van der Waals surface area contributed by atoms with Gasteiger partial charge in [-0.3, -0.25) is 4.79 Å². The minimum Gasteiger partial charge on any atom is -0.465 e. The van der Waals surface area contributed by atoms with Gasteiger partial charge in [-0.1, -0.05) is 18.2 Å². The Balaban J connectivity index is 2.93. The van der Waals surface area contributed by atoms with Gasteiger partial charge in [-0.05, 0) is 6.07 Å². The van der Waals surface area contributed by atoms with Gasteiger partial charge in [-0.25, -0.2) is 4.79 Å². The molecule has 0 heterocycles. The smallest absolute Gasteiger partial charge is 0.338 e. The topological polar surface area (TPSA) is 95.7 Å². The summed E-state index contributed by atoms with van der Waals surface area (Å²) in [6, 6.07) is 5.85. The van der Waals surface area contributed by atoms with Crippen molar-refractivity contribution in [3.8, 4) is 0 Å². The van der Waals surface area contributed by atoms with Crippen LogP contribution in [0.4, 0.5) is 0 Å². The molecule has 1 rings (SSSR count). The maximum absolute atomic E-state index is 11.6. The highest BCUT2D eigenvalue weighted by molar-refractivity contribution is 6.06. The highest BCUT2D eigenvalue weighted by atomic mass is 16.9. The largest absolute Gasteiger partial charge is 0.465 e. The molecular formula is C10H9NO6. The molecule has 17 heavy (non-hydrogen) atoms. The first kappa shape index (κ1) is 12.6. The second kappa shape index (κ2) is 5.59. The van der Waals surface area contributed by atoms with Crippen molar-refractivity contribution in [3.05, 3.63) is 45.5 Å². The molecule has 1 aromatic rings. The lowest BCUT2D eigenvalue weighted by Gasteiger charge is -2.05. The zero-order valence-corrected chi connectivity index (χ0v) is 8.91. The number of ketones is 1. The fraction of sp³-hybridized carbons (Fsp3) is 0.200. The highest BCUT2D eigenvalue weighted by Crippen LogP contribution is 2.11. The monoisotopic (exact) mass is 239 g/mol. The third-order valence-electron chi connectivity index (χ3n) is 1.93. The zero-order chi connectivity index (χ0) is 12.8. The second-order valence-corrected chi connectivity index (χ2v) is 2.96. The van der Waals surface area contributed by atoms with Crippen LogP contribution in [0.3, 0.4) is 0 Å².